The molecule has 2 aromatic heterocycles. The first-order valence-electron chi connectivity index (χ1n) is 4.97. The smallest absolute Gasteiger partial charge is 0.355 e. The van der Waals surface area contributed by atoms with Crippen molar-refractivity contribution in [1.29, 1.82) is 0 Å². The fourth-order valence-electron chi connectivity index (χ4n) is 1.27. The van der Waals surface area contributed by atoms with E-state index < -0.39 is 11.9 Å². The van der Waals surface area contributed by atoms with Crippen molar-refractivity contribution in [2.24, 2.45) is 0 Å². The number of amides is 1. The molecule has 0 saturated heterocycles. The average Bonchev–Trinajstić information content (AvgIpc) is 2.94. The number of aromatic carboxylic acids is 1. The minimum absolute atomic E-state index is 0.0415. The number of hydrogen-bond donors (Lipinski definition) is 3. The molecule has 0 aliphatic carbocycles. The van der Waals surface area contributed by atoms with Crippen molar-refractivity contribution in [2.45, 2.75) is 6.54 Å². The van der Waals surface area contributed by atoms with Crippen molar-refractivity contribution in [1.82, 2.24) is 15.3 Å². The van der Waals surface area contributed by atoms with E-state index in [2.05, 4.69) is 15.3 Å². The summed E-state index contributed by atoms with van der Waals surface area (Å²) in [4.78, 5) is 28.8. The summed E-state index contributed by atoms with van der Waals surface area (Å²) in [7, 11) is 0. The number of thiazole rings is 1. The average molecular weight is 320 g/mol. The Morgan fingerprint density at radius 1 is 1.47 bits per heavy atom. The lowest BCUT2D eigenvalue weighted by Gasteiger charge is -2.00. The van der Waals surface area contributed by atoms with Crippen LogP contribution in [0.3, 0.4) is 0 Å². The van der Waals surface area contributed by atoms with Crippen LogP contribution in [0, 0.1) is 0 Å². The van der Waals surface area contributed by atoms with Gasteiger partial charge < -0.3 is 15.4 Å². The van der Waals surface area contributed by atoms with Gasteiger partial charge in [-0.3, -0.25) is 4.79 Å². The maximum atomic E-state index is 11.7. The second kappa shape index (κ2) is 5.60. The summed E-state index contributed by atoms with van der Waals surface area (Å²) in [5.41, 5.74) is 0.185. The molecule has 9 heteroatoms. The van der Waals surface area contributed by atoms with Crippen molar-refractivity contribution < 1.29 is 14.7 Å². The van der Waals surface area contributed by atoms with Gasteiger partial charge in [0.2, 0.25) is 0 Å². The fraction of sp³-hybridized carbons (Fsp3) is 0.100. The molecule has 0 aromatic carbocycles. The Balaban J connectivity index is 1.98. The maximum absolute atomic E-state index is 11.7. The zero-order valence-corrected chi connectivity index (χ0v) is 11.6. The highest BCUT2D eigenvalue weighted by molar-refractivity contribution is 7.09. The summed E-state index contributed by atoms with van der Waals surface area (Å²) in [5.74, 6) is -1.50. The van der Waals surface area contributed by atoms with Crippen LogP contribution < -0.4 is 5.32 Å². The molecule has 19 heavy (non-hydrogen) atoms. The Labute approximate surface area is 121 Å². The third-order valence-electron chi connectivity index (χ3n) is 2.14. The number of carboxylic acids is 1. The quantitative estimate of drug-likeness (QED) is 0.806. The Bertz CT molecular complexity index is 618. The van der Waals surface area contributed by atoms with Gasteiger partial charge in [0.25, 0.3) is 5.91 Å². The lowest BCUT2D eigenvalue weighted by Crippen LogP contribution is -2.23. The first kappa shape index (κ1) is 13.9. The van der Waals surface area contributed by atoms with E-state index in [1.807, 2.05) is 0 Å². The summed E-state index contributed by atoms with van der Waals surface area (Å²) in [5, 5.41) is 13.6. The highest BCUT2D eigenvalue weighted by atomic mass is 35.5. The van der Waals surface area contributed by atoms with Crippen molar-refractivity contribution in [3.8, 4) is 0 Å². The summed E-state index contributed by atoms with van der Waals surface area (Å²) in [6, 6.07) is 1.41. The molecule has 0 aliphatic rings. The number of carboxylic acid groups (broad SMARTS) is 1. The zero-order valence-electron chi connectivity index (χ0n) is 9.24. The van der Waals surface area contributed by atoms with E-state index in [1.165, 1.54) is 11.4 Å². The molecule has 3 N–H and O–H groups in total. The number of nitrogens with one attached hydrogen (secondary N) is 2. The lowest BCUT2D eigenvalue weighted by atomic mass is 10.4. The summed E-state index contributed by atoms with van der Waals surface area (Å²) in [6.07, 6.45) is 0. The first-order valence-corrected chi connectivity index (χ1v) is 6.61. The molecule has 100 valence electrons. The van der Waals surface area contributed by atoms with Crippen LogP contribution in [0.2, 0.25) is 10.2 Å². The fourth-order valence-corrected chi connectivity index (χ4v) is 2.29. The minimum atomic E-state index is -1.10. The SMILES string of the molecule is O=C(O)c1csc(CNC(=O)c2cc(Cl)c(Cl)[nH]2)n1. The van der Waals surface area contributed by atoms with Crippen LogP contribution in [0.4, 0.5) is 0 Å². The van der Waals surface area contributed by atoms with E-state index in [-0.39, 0.29) is 28.1 Å². The number of nitrogens with zero attached hydrogens (tertiary/aromatic N) is 1. The van der Waals surface area contributed by atoms with Gasteiger partial charge >= 0.3 is 5.97 Å². The predicted octanol–water partition coefficient (Wildman–Crippen LogP) is 2.41. The number of aromatic nitrogens is 2. The molecule has 0 unspecified atom stereocenters. The van der Waals surface area contributed by atoms with Gasteiger partial charge in [-0.25, -0.2) is 9.78 Å². The molecule has 0 fully saturated rings. The van der Waals surface area contributed by atoms with Crippen molar-refractivity contribution in [2.75, 3.05) is 0 Å². The molecule has 0 radical (unpaired) electrons. The van der Waals surface area contributed by atoms with Gasteiger partial charge in [-0.2, -0.15) is 0 Å². The van der Waals surface area contributed by atoms with Crippen LogP contribution in [0.15, 0.2) is 11.4 Å². The molecule has 2 aromatic rings. The Morgan fingerprint density at radius 3 is 2.74 bits per heavy atom. The molecule has 0 atom stereocenters. The molecular formula is C10H7Cl2N3O3S. The largest absolute Gasteiger partial charge is 0.476 e. The van der Waals surface area contributed by atoms with E-state index in [9.17, 15) is 9.59 Å². The predicted molar refractivity (Wildman–Crippen MR) is 71.1 cm³/mol. The van der Waals surface area contributed by atoms with Gasteiger partial charge in [-0.15, -0.1) is 11.3 Å². The molecule has 2 rings (SSSR count). The van der Waals surface area contributed by atoms with Gasteiger partial charge in [0.15, 0.2) is 5.69 Å². The van der Waals surface area contributed by atoms with E-state index in [0.29, 0.717) is 5.01 Å². The number of hydrogen-bond acceptors (Lipinski definition) is 4. The standard InChI is InChI=1S/C10H7Cl2N3O3S/c11-4-1-5(15-8(4)12)9(16)13-2-7-14-6(3-19-7)10(17)18/h1,3,15H,2H2,(H,13,16)(H,17,18). The number of carbonyl (C=O) groups is 2. The molecule has 6 nitrogen and oxygen atoms in total. The van der Waals surface area contributed by atoms with Crippen LogP contribution in [-0.2, 0) is 6.54 Å². The van der Waals surface area contributed by atoms with Gasteiger partial charge in [0.05, 0.1) is 11.6 Å². The van der Waals surface area contributed by atoms with E-state index >= 15 is 0 Å². The molecule has 1 amide bonds. The Morgan fingerprint density at radius 2 is 2.21 bits per heavy atom. The lowest BCUT2D eigenvalue weighted by molar-refractivity contribution is 0.0691. The Hall–Kier alpha value is -1.57. The third kappa shape index (κ3) is 3.25. The minimum Gasteiger partial charge on any atom is -0.476 e. The highest BCUT2D eigenvalue weighted by Gasteiger charge is 2.13. The summed E-state index contributed by atoms with van der Waals surface area (Å²) >= 11 is 12.6. The summed E-state index contributed by atoms with van der Waals surface area (Å²) < 4.78 is 0. The zero-order chi connectivity index (χ0) is 14.0. The van der Waals surface area contributed by atoms with Gasteiger partial charge in [-0.1, -0.05) is 23.2 Å². The third-order valence-corrected chi connectivity index (χ3v) is 3.68. The normalized spacial score (nSPS) is 10.4. The molecule has 0 bridgehead atoms. The highest BCUT2D eigenvalue weighted by Crippen LogP contribution is 2.21. The molecule has 0 saturated carbocycles. The van der Waals surface area contributed by atoms with E-state index in [1.54, 1.807) is 0 Å². The second-order valence-electron chi connectivity index (χ2n) is 3.46. The van der Waals surface area contributed by atoms with Gasteiger partial charge in [-0.05, 0) is 6.07 Å². The maximum Gasteiger partial charge on any atom is 0.355 e. The molecule has 0 spiro atoms. The molecular weight excluding hydrogens is 313 g/mol. The van der Waals surface area contributed by atoms with Crippen molar-refractivity contribution in [3.05, 3.63) is 38.0 Å². The number of rotatable bonds is 4. The van der Waals surface area contributed by atoms with Crippen LogP contribution in [0.1, 0.15) is 26.0 Å². The van der Waals surface area contributed by atoms with E-state index in [4.69, 9.17) is 28.3 Å². The van der Waals surface area contributed by atoms with Crippen LogP contribution in [0.5, 0.6) is 0 Å². The van der Waals surface area contributed by atoms with Crippen LogP contribution >= 0.6 is 34.5 Å². The van der Waals surface area contributed by atoms with E-state index in [0.717, 1.165) is 11.3 Å². The van der Waals surface area contributed by atoms with Crippen LogP contribution in [-0.4, -0.2) is 27.0 Å². The first-order chi connectivity index (χ1) is 8.97. The number of halogens is 2. The number of H-pyrrole nitrogens is 1. The van der Waals surface area contributed by atoms with Crippen molar-refractivity contribution >= 4 is 46.4 Å². The second-order valence-corrected chi connectivity index (χ2v) is 5.19. The topological polar surface area (TPSA) is 95.1 Å². The van der Waals surface area contributed by atoms with Crippen LogP contribution in [0.25, 0.3) is 0 Å². The van der Waals surface area contributed by atoms with Gasteiger partial charge in [0, 0.05) is 5.38 Å². The molecule has 2 heterocycles. The van der Waals surface area contributed by atoms with Gasteiger partial charge in [0.1, 0.15) is 15.9 Å². The number of carbonyl (C=O) groups excluding carboxylic acids is 1. The number of aromatic amines is 1. The summed E-state index contributed by atoms with van der Waals surface area (Å²) in [6.45, 7) is 0.130. The van der Waals surface area contributed by atoms with Crippen molar-refractivity contribution in [3.63, 3.8) is 0 Å². The monoisotopic (exact) mass is 319 g/mol. The molecule has 0 aliphatic heterocycles. The Kier molecular flexibility index (Phi) is 4.08.